The van der Waals surface area contributed by atoms with Crippen molar-refractivity contribution in [3.63, 3.8) is 0 Å². The molecule has 0 aliphatic carbocycles. The molecular formula is C12H20N2O3S2. The van der Waals surface area contributed by atoms with Gasteiger partial charge in [0.25, 0.3) is 0 Å². The Bertz CT molecular complexity index is 495. The van der Waals surface area contributed by atoms with Crippen LogP contribution in [0.3, 0.4) is 0 Å². The molecule has 0 aliphatic heterocycles. The topological polar surface area (TPSA) is 66.5 Å². The van der Waals surface area contributed by atoms with E-state index >= 15 is 0 Å². The first kappa shape index (κ1) is 16.1. The van der Waals surface area contributed by atoms with Gasteiger partial charge in [-0.15, -0.1) is 11.3 Å². The normalized spacial score (nSPS) is 11.8. The van der Waals surface area contributed by atoms with Crippen LogP contribution in [-0.2, 0) is 14.8 Å². The van der Waals surface area contributed by atoms with Crippen LogP contribution in [0, 0.1) is 5.92 Å². The highest BCUT2D eigenvalue weighted by Gasteiger charge is 2.16. The Morgan fingerprint density at radius 3 is 2.63 bits per heavy atom. The van der Waals surface area contributed by atoms with Crippen LogP contribution in [0.2, 0.25) is 0 Å². The van der Waals surface area contributed by atoms with E-state index in [2.05, 4.69) is 4.72 Å². The number of hydrogen-bond acceptors (Lipinski definition) is 4. The smallest absolute Gasteiger partial charge is 0.250 e. The summed E-state index contributed by atoms with van der Waals surface area (Å²) in [5, 5.41) is 1.72. The van der Waals surface area contributed by atoms with Crippen LogP contribution in [0.5, 0.6) is 0 Å². The quantitative estimate of drug-likeness (QED) is 0.831. The Kier molecular flexibility index (Phi) is 5.96. The van der Waals surface area contributed by atoms with Crippen molar-refractivity contribution in [2.45, 2.75) is 25.0 Å². The minimum absolute atomic E-state index is 0.0379. The summed E-state index contributed by atoms with van der Waals surface area (Å²) in [7, 11) is -3.44. The van der Waals surface area contributed by atoms with Gasteiger partial charge in [-0.2, -0.15) is 0 Å². The fourth-order valence-electron chi connectivity index (χ4n) is 1.62. The number of amides is 1. The molecule has 1 aromatic rings. The number of nitrogens with zero attached hydrogens (tertiary/aromatic N) is 1. The number of hydrogen-bond donors (Lipinski definition) is 1. The van der Waals surface area contributed by atoms with E-state index in [1.54, 1.807) is 22.4 Å². The highest BCUT2D eigenvalue weighted by atomic mass is 32.2. The van der Waals surface area contributed by atoms with Crippen LogP contribution < -0.4 is 4.72 Å². The molecule has 108 valence electrons. The summed E-state index contributed by atoms with van der Waals surface area (Å²) in [5.74, 6) is 0.321. The van der Waals surface area contributed by atoms with Crippen LogP contribution >= 0.6 is 11.3 Å². The van der Waals surface area contributed by atoms with Gasteiger partial charge in [0.1, 0.15) is 4.21 Å². The molecule has 0 aliphatic rings. The van der Waals surface area contributed by atoms with Crippen LogP contribution in [0.15, 0.2) is 21.7 Å². The van der Waals surface area contributed by atoms with Crippen LogP contribution in [0.4, 0.5) is 0 Å². The molecule has 1 heterocycles. The number of thiophene rings is 1. The van der Waals surface area contributed by atoms with E-state index in [0.29, 0.717) is 23.2 Å². The van der Waals surface area contributed by atoms with Gasteiger partial charge in [-0.1, -0.05) is 19.9 Å². The van der Waals surface area contributed by atoms with Crippen molar-refractivity contribution in [3.8, 4) is 0 Å². The number of nitrogens with one attached hydrogen (secondary N) is 1. The largest absolute Gasteiger partial charge is 0.341 e. The van der Waals surface area contributed by atoms with E-state index in [-0.39, 0.29) is 12.5 Å². The fourth-order valence-corrected chi connectivity index (χ4v) is 3.68. The van der Waals surface area contributed by atoms with E-state index < -0.39 is 10.0 Å². The molecule has 19 heavy (non-hydrogen) atoms. The summed E-state index contributed by atoms with van der Waals surface area (Å²) in [6, 6.07) is 3.25. The van der Waals surface area contributed by atoms with Crippen LogP contribution in [-0.4, -0.2) is 38.9 Å². The molecule has 7 heteroatoms. The minimum Gasteiger partial charge on any atom is -0.341 e. The van der Waals surface area contributed by atoms with Gasteiger partial charge in [0.15, 0.2) is 0 Å². The minimum atomic E-state index is -3.44. The lowest BCUT2D eigenvalue weighted by Gasteiger charge is -2.23. The predicted molar refractivity (Wildman–Crippen MR) is 76.6 cm³/mol. The SMILES string of the molecule is CC(=O)N(CCNS(=O)(=O)c1cccs1)CC(C)C. The molecule has 0 unspecified atom stereocenters. The summed E-state index contributed by atoms with van der Waals surface area (Å²) in [6.45, 7) is 6.79. The van der Waals surface area contributed by atoms with E-state index in [1.165, 1.54) is 18.3 Å². The molecular weight excluding hydrogens is 284 g/mol. The van der Waals surface area contributed by atoms with Gasteiger partial charge in [0.2, 0.25) is 15.9 Å². The van der Waals surface area contributed by atoms with Crippen molar-refractivity contribution in [1.82, 2.24) is 9.62 Å². The second kappa shape index (κ2) is 7.02. The maximum Gasteiger partial charge on any atom is 0.250 e. The Morgan fingerprint density at radius 1 is 1.47 bits per heavy atom. The standard InChI is InChI=1S/C12H20N2O3S2/c1-10(2)9-14(11(3)15)7-6-13-19(16,17)12-5-4-8-18-12/h4-5,8,10,13H,6-7,9H2,1-3H3. The molecule has 0 bridgehead atoms. The lowest BCUT2D eigenvalue weighted by molar-refractivity contribution is -0.129. The first-order chi connectivity index (χ1) is 8.83. The average Bonchev–Trinajstić information content (AvgIpc) is 2.80. The van der Waals surface area contributed by atoms with Gasteiger partial charge in [-0.25, -0.2) is 13.1 Å². The van der Waals surface area contributed by atoms with Gasteiger partial charge in [-0.3, -0.25) is 4.79 Å². The predicted octanol–water partition coefficient (Wildman–Crippen LogP) is 1.53. The molecule has 5 nitrogen and oxygen atoms in total. The van der Waals surface area contributed by atoms with Crippen molar-refractivity contribution in [2.75, 3.05) is 19.6 Å². The molecule has 0 spiro atoms. The zero-order valence-electron chi connectivity index (χ0n) is 11.4. The first-order valence-corrected chi connectivity index (χ1v) is 8.48. The fraction of sp³-hybridized carbons (Fsp3) is 0.583. The number of carbonyl (C=O) groups is 1. The number of sulfonamides is 1. The highest BCUT2D eigenvalue weighted by Crippen LogP contribution is 2.14. The maximum atomic E-state index is 11.9. The molecule has 0 atom stereocenters. The van der Waals surface area contributed by atoms with Crippen LogP contribution in [0.25, 0.3) is 0 Å². The van der Waals surface area contributed by atoms with Crippen molar-refractivity contribution >= 4 is 27.3 Å². The molecule has 1 N–H and O–H groups in total. The Balaban J connectivity index is 2.51. The zero-order chi connectivity index (χ0) is 14.5. The Labute approximate surface area is 118 Å². The summed E-state index contributed by atoms with van der Waals surface area (Å²) < 4.78 is 26.5. The summed E-state index contributed by atoms with van der Waals surface area (Å²) in [4.78, 5) is 13.1. The van der Waals surface area contributed by atoms with Gasteiger partial charge in [0.05, 0.1) is 0 Å². The van der Waals surface area contributed by atoms with E-state index in [9.17, 15) is 13.2 Å². The molecule has 0 saturated heterocycles. The van der Waals surface area contributed by atoms with Gasteiger partial charge in [0, 0.05) is 26.6 Å². The van der Waals surface area contributed by atoms with E-state index in [1.807, 2.05) is 13.8 Å². The summed E-state index contributed by atoms with van der Waals surface area (Å²) in [5.41, 5.74) is 0. The third kappa shape index (κ3) is 5.30. The van der Waals surface area contributed by atoms with Gasteiger partial charge < -0.3 is 4.90 Å². The molecule has 0 radical (unpaired) electrons. The lowest BCUT2D eigenvalue weighted by Crippen LogP contribution is -2.39. The number of carbonyl (C=O) groups excluding carboxylic acids is 1. The summed E-state index contributed by atoms with van der Waals surface area (Å²) in [6.07, 6.45) is 0. The second-order valence-electron chi connectivity index (χ2n) is 4.69. The second-order valence-corrected chi connectivity index (χ2v) is 7.63. The van der Waals surface area contributed by atoms with Crippen molar-refractivity contribution in [3.05, 3.63) is 17.5 Å². The zero-order valence-corrected chi connectivity index (χ0v) is 13.1. The Morgan fingerprint density at radius 2 is 2.16 bits per heavy atom. The molecule has 1 aromatic heterocycles. The molecule has 1 amide bonds. The lowest BCUT2D eigenvalue weighted by atomic mass is 10.2. The van der Waals surface area contributed by atoms with Crippen LogP contribution in [0.1, 0.15) is 20.8 Å². The average molecular weight is 304 g/mol. The maximum absolute atomic E-state index is 11.9. The molecule has 0 fully saturated rings. The summed E-state index contributed by atoms with van der Waals surface area (Å²) >= 11 is 1.17. The van der Waals surface area contributed by atoms with Gasteiger partial charge >= 0.3 is 0 Å². The van der Waals surface area contributed by atoms with E-state index in [4.69, 9.17) is 0 Å². The first-order valence-electron chi connectivity index (χ1n) is 6.11. The highest BCUT2D eigenvalue weighted by molar-refractivity contribution is 7.91. The monoisotopic (exact) mass is 304 g/mol. The van der Waals surface area contributed by atoms with Crippen molar-refractivity contribution in [2.24, 2.45) is 5.92 Å². The van der Waals surface area contributed by atoms with E-state index in [0.717, 1.165) is 0 Å². The molecule has 0 aromatic carbocycles. The Hall–Kier alpha value is -0.920. The van der Waals surface area contributed by atoms with Crippen molar-refractivity contribution in [1.29, 1.82) is 0 Å². The molecule has 1 rings (SSSR count). The third-order valence-electron chi connectivity index (χ3n) is 2.46. The molecule has 0 saturated carbocycles. The number of rotatable bonds is 7. The van der Waals surface area contributed by atoms with Crippen molar-refractivity contribution < 1.29 is 13.2 Å². The third-order valence-corrected chi connectivity index (χ3v) is 5.32. The van der Waals surface area contributed by atoms with Gasteiger partial charge in [-0.05, 0) is 17.4 Å².